The number of Topliss-reactive ketones (excluding diaryl/α,β-unsaturated/α-hetero) is 2. The van der Waals surface area contributed by atoms with Gasteiger partial charge in [0.05, 0.1) is 18.6 Å². The first-order chi connectivity index (χ1) is 9.01. The Labute approximate surface area is 110 Å². The van der Waals surface area contributed by atoms with E-state index in [1.807, 2.05) is 0 Å². The Morgan fingerprint density at radius 1 is 1.47 bits per heavy atom. The highest BCUT2D eigenvalue weighted by Crippen LogP contribution is 2.34. The van der Waals surface area contributed by atoms with Crippen LogP contribution >= 0.6 is 0 Å². The highest BCUT2D eigenvalue weighted by atomic mass is 16.5. The first-order valence-corrected chi connectivity index (χ1v) is 6.17. The van der Waals surface area contributed by atoms with E-state index in [0.29, 0.717) is 24.0 Å². The van der Waals surface area contributed by atoms with Crippen LogP contribution in [0.4, 0.5) is 0 Å². The van der Waals surface area contributed by atoms with Crippen LogP contribution in [0.2, 0.25) is 0 Å². The predicted octanol–water partition coefficient (Wildman–Crippen LogP) is 1.24. The van der Waals surface area contributed by atoms with Crippen molar-refractivity contribution in [3.63, 3.8) is 0 Å². The maximum Gasteiger partial charge on any atom is 0.170 e. The predicted molar refractivity (Wildman–Crippen MR) is 67.6 cm³/mol. The van der Waals surface area contributed by atoms with Gasteiger partial charge in [0, 0.05) is 12.5 Å². The minimum atomic E-state index is -0.567. The summed E-state index contributed by atoms with van der Waals surface area (Å²) in [5.74, 6) is 0.172. The molecule has 1 aromatic rings. The molecular formula is C14H16O5. The standard InChI is InChI=1S/C14H16O5/c1-8(16)2-3-9-4-10(17)5-13-14(9)12(18)6-11(7-15)19-13/h4-5,11,15,17H,2-3,6-7H2,1H3. The normalized spacial score (nSPS) is 17.8. The Hall–Kier alpha value is -1.88. The number of aliphatic hydroxyl groups excluding tert-OH is 1. The molecule has 0 bridgehead atoms. The number of fused-ring (bicyclic) bond motifs is 1. The lowest BCUT2D eigenvalue weighted by molar-refractivity contribution is -0.116. The van der Waals surface area contributed by atoms with E-state index in [1.54, 1.807) is 0 Å². The molecule has 0 radical (unpaired) electrons. The first kappa shape index (κ1) is 13.5. The van der Waals surface area contributed by atoms with Crippen LogP contribution in [0.3, 0.4) is 0 Å². The molecule has 1 unspecified atom stereocenters. The average molecular weight is 264 g/mol. The molecule has 2 rings (SSSR count). The van der Waals surface area contributed by atoms with Crippen molar-refractivity contribution >= 4 is 11.6 Å². The molecule has 5 heteroatoms. The molecule has 1 heterocycles. The fourth-order valence-electron chi connectivity index (χ4n) is 2.21. The molecule has 1 aliphatic rings. The summed E-state index contributed by atoms with van der Waals surface area (Å²) in [5, 5.41) is 18.7. The lowest BCUT2D eigenvalue weighted by Gasteiger charge is -2.25. The van der Waals surface area contributed by atoms with Crippen molar-refractivity contribution in [2.75, 3.05) is 6.61 Å². The zero-order valence-corrected chi connectivity index (χ0v) is 10.7. The first-order valence-electron chi connectivity index (χ1n) is 6.17. The number of aryl methyl sites for hydroxylation is 1. The molecule has 1 aliphatic heterocycles. The van der Waals surface area contributed by atoms with Gasteiger partial charge in [-0.1, -0.05) is 0 Å². The molecule has 0 aromatic heterocycles. The molecule has 0 aliphatic carbocycles. The molecule has 5 nitrogen and oxygen atoms in total. The summed E-state index contributed by atoms with van der Waals surface area (Å²) in [7, 11) is 0. The molecule has 1 atom stereocenters. The van der Waals surface area contributed by atoms with Gasteiger partial charge >= 0.3 is 0 Å². The number of carbonyl (C=O) groups is 2. The van der Waals surface area contributed by atoms with Crippen molar-refractivity contribution < 1.29 is 24.5 Å². The molecule has 1 aromatic carbocycles. The largest absolute Gasteiger partial charge is 0.508 e. The lowest BCUT2D eigenvalue weighted by Crippen LogP contribution is -2.30. The van der Waals surface area contributed by atoms with Gasteiger partial charge in [-0.05, 0) is 25.0 Å². The molecule has 102 valence electrons. The van der Waals surface area contributed by atoms with Crippen LogP contribution in [0.25, 0.3) is 0 Å². The van der Waals surface area contributed by atoms with Crippen molar-refractivity contribution in [1.82, 2.24) is 0 Å². The van der Waals surface area contributed by atoms with Crippen molar-refractivity contribution in [2.45, 2.75) is 32.3 Å². The second-order valence-corrected chi connectivity index (χ2v) is 4.73. The number of phenols is 1. The van der Waals surface area contributed by atoms with E-state index in [4.69, 9.17) is 9.84 Å². The highest BCUT2D eigenvalue weighted by molar-refractivity contribution is 6.01. The summed E-state index contributed by atoms with van der Waals surface area (Å²) >= 11 is 0. The minimum absolute atomic E-state index is 0.0105. The third-order valence-electron chi connectivity index (χ3n) is 3.10. The fourth-order valence-corrected chi connectivity index (χ4v) is 2.21. The second-order valence-electron chi connectivity index (χ2n) is 4.73. The van der Waals surface area contributed by atoms with E-state index in [2.05, 4.69) is 0 Å². The zero-order valence-electron chi connectivity index (χ0n) is 10.7. The summed E-state index contributed by atoms with van der Waals surface area (Å²) in [4.78, 5) is 23.1. The van der Waals surface area contributed by atoms with Gasteiger partial charge in [0.15, 0.2) is 5.78 Å². The van der Waals surface area contributed by atoms with Crippen molar-refractivity contribution in [2.24, 2.45) is 0 Å². The highest BCUT2D eigenvalue weighted by Gasteiger charge is 2.28. The van der Waals surface area contributed by atoms with Crippen LogP contribution in [0, 0.1) is 0 Å². The van der Waals surface area contributed by atoms with Gasteiger partial charge < -0.3 is 19.7 Å². The van der Waals surface area contributed by atoms with Gasteiger partial charge in [0.1, 0.15) is 23.4 Å². The fraction of sp³-hybridized carbons (Fsp3) is 0.429. The number of ketones is 2. The van der Waals surface area contributed by atoms with Gasteiger partial charge in [-0.25, -0.2) is 0 Å². The maximum atomic E-state index is 12.1. The number of rotatable bonds is 4. The molecule has 0 amide bonds. The zero-order chi connectivity index (χ0) is 14.0. The number of carbonyl (C=O) groups excluding carboxylic acids is 2. The average Bonchev–Trinajstić information content (AvgIpc) is 2.34. The van der Waals surface area contributed by atoms with Gasteiger partial charge in [0.25, 0.3) is 0 Å². The lowest BCUT2D eigenvalue weighted by atomic mass is 9.93. The smallest absolute Gasteiger partial charge is 0.170 e. The maximum absolute atomic E-state index is 12.1. The van der Waals surface area contributed by atoms with Crippen molar-refractivity contribution in [3.05, 3.63) is 23.3 Å². The Morgan fingerprint density at radius 3 is 2.84 bits per heavy atom. The molecule has 0 fully saturated rings. The van der Waals surface area contributed by atoms with Crippen LogP contribution in [0.15, 0.2) is 12.1 Å². The number of aromatic hydroxyl groups is 1. The number of benzene rings is 1. The summed E-state index contributed by atoms with van der Waals surface area (Å²) < 4.78 is 5.46. The van der Waals surface area contributed by atoms with E-state index in [1.165, 1.54) is 19.1 Å². The van der Waals surface area contributed by atoms with Gasteiger partial charge in [0.2, 0.25) is 0 Å². The summed E-state index contributed by atoms with van der Waals surface area (Å²) in [6.07, 6.45) is 0.251. The SMILES string of the molecule is CC(=O)CCc1cc(O)cc2c1C(=O)CC(CO)O2. The van der Waals surface area contributed by atoms with Crippen LogP contribution in [-0.2, 0) is 11.2 Å². The Kier molecular flexibility index (Phi) is 3.85. The van der Waals surface area contributed by atoms with E-state index in [9.17, 15) is 14.7 Å². The van der Waals surface area contributed by atoms with E-state index < -0.39 is 6.10 Å². The van der Waals surface area contributed by atoms with Crippen LogP contribution in [0.1, 0.15) is 35.7 Å². The van der Waals surface area contributed by atoms with Crippen molar-refractivity contribution in [1.29, 1.82) is 0 Å². The number of hydrogen-bond acceptors (Lipinski definition) is 5. The Morgan fingerprint density at radius 2 is 2.21 bits per heavy atom. The minimum Gasteiger partial charge on any atom is -0.508 e. The third-order valence-corrected chi connectivity index (χ3v) is 3.10. The van der Waals surface area contributed by atoms with Gasteiger partial charge in [-0.2, -0.15) is 0 Å². The van der Waals surface area contributed by atoms with E-state index >= 15 is 0 Å². The summed E-state index contributed by atoms with van der Waals surface area (Å²) in [5.41, 5.74) is 1.04. The van der Waals surface area contributed by atoms with Crippen LogP contribution < -0.4 is 4.74 Å². The number of phenolic OH excluding ortho intramolecular Hbond substituents is 1. The Balaban J connectivity index is 2.38. The third kappa shape index (κ3) is 2.93. The molecule has 19 heavy (non-hydrogen) atoms. The van der Waals surface area contributed by atoms with Crippen LogP contribution in [0.5, 0.6) is 11.5 Å². The monoisotopic (exact) mass is 264 g/mol. The van der Waals surface area contributed by atoms with Gasteiger partial charge in [-0.3, -0.25) is 4.79 Å². The molecule has 2 N–H and O–H groups in total. The topological polar surface area (TPSA) is 83.8 Å². The van der Waals surface area contributed by atoms with E-state index in [0.717, 1.165) is 0 Å². The number of hydrogen-bond donors (Lipinski definition) is 2. The molecule has 0 saturated heterocycles. The van der Waals surface area contributed by atoms with Crippen LogP contribution in [-0.4, -0.2) is 34.5 Å². The van der Waals surface area contributed by atoms with E-state index in [-0.39, 0.29) is 36.1 Å². The summed E-state index contributed by atoms with van der Waals surface area (Å²) in [6, 6.07) is 2.86. The van der Waals surface area contributed by atoms with Crippen molar-refractivity contribution in [3.8, 4) is 11.5 Å². The molecular weight excluding hydrogens is 248 g/mol. The Bertz CT molecular complexity index is 521. The second kappa shape index (κ2) is 5.40. The van der Waals surface area contributed by atoms with Gasteiger partial charge in [-0.15, -0.1) is 0 Å². The molecule has 0 spiro atoms. The molecule has 0 saturated carbocycles. The number of aliphatic hydroxyl groups is 1. The quantitative estimate of drug-likeness (QED) is 0.854. The number of ether oxygens (including phenoxy) is 1. The summed E-state index contributed by atoms with van der Waals surface area (Å²) in [6.45, 7) is 1.24.